The van der Waals surface area contributed by atoms with Gasteiger partial charge in [0.1, 0.15) is 0 Å². The number of hydrogen-bond donors (Lipinski definition) is 2. The SMILES string of the molecule is CNCCN(C)C(=O)c1ccc(CNC(=O)C(C)(C)C)cc1. The summed E-state index contributed by atoms with van der Waals surface area (Å²) in [6, 6.07) is 7.36. The number of hydrogen-bond acceptors (Lipinski definition) is 3. The molecule has 1 rings (SSSR count). The molecule has 1 aromatic rings. The van der Waals surface area contributed by atoms with Crippen LogP contribution in [0.5, 0.6) is 0 Å². The summed E-state index contributed by atoms with van der Waals surface area (Å²) in [6.07, 6.45) is 0. The zero-order chi connectivity index (χ0) is 16.8. The predicted octanol–water partition coefficient (Wildman–Crippen LogP) is 1.64. The van der Waals surface area contributed by atoms with Crippen LogP contribution in [-0.4, -0.2) is 43.9 Å². The molecule has 22 heavy (non-hydrogen) atoms. The Hall–Kier alpha value is -1.88. The van der Waals surface area contributed by atoms with Crippen molar-refractivity contribution in [1.82, 2.24) is 15.5 Å². The number of amides is 2. The summed E-state index contributed by atoms with van der Waals surface area (Å²) in [6.45, 7) is 7.54. The highest BCUT2D eigenvalue weighted by Gasteiger charge is 2.20. The molecule has 0 radical (unpaired) electrons. The van der Waals surface area contributed by atoms with Gasteiger partial charge in [0.05, 0.1) is 0 Å². The van der Waals surface area contributed by atoms with Crippen molar-refractivity contribution in [1.29, 1.82) is 0 Å². The maximum absolute atomic E-state index is 12.2. The van der Waals surface area contributed by atoms with Crippen LogP contribution in [0.2, 0.25) is 0 Å². The van der Waals surface area contributed by atoms with Gasteiger partial charge in [-0.15, -0.1) is 0 Å². The average Bonchev–Trinajstić information content (AvgIpc) is 2.49. The van der Waals surface area contributed by atoms with Crippen molar-refractivity contribution in [2.75, 3.05) is 27.2 Å². The second-order valence-electron chi connectivity index (χ2n) is 6.46. The van der Waals surface area contributed by atoms with Crippen LogP contribution in [-0.2, 0) is 11.3 Å². The van der Waals surface area contributed by atoms with Gasteiger partial charge < -0.3 is 15.5 Å². The molecule has 0 saturated carbocycles. The zero-order valence-electron chi connectivity index (χ0n) is 14.2. The summed E-state index contributed by atoms with van der Waals surface area (Å²) in [5.74, 6) is 0.0139. The van der Waals surface area contributed by atoms with Crippen LogP contribution in [0.3, 0.4) is 0 Å². The first-order valence-corrected chi connectivity index (χ1v) is 7.53. The maximum atomic E-state index is 12.2. The van der Waals surface area contributed by atoms with Crippen molar-refractivity contribution < 1.29 is 9.59 Å². The Kier molecular flexibility index (Phi) is 6.56. The predicted molar refractivity (Wildman–Crippen MR) is 88.6 cm³/mol. The van der Waals surface area contributed by atoms with Gasteiger partial charge in [-0.1, -0.05) is 32.9 Å². The molecule has 2 N–H and O–H groups in total. The van der Waals surface area contributed by atoms with Gasteiger partial charge in [0.25, 0.3) is 5.91 Å². The first-order chi connectivity index (χ1) is 10.3. The van der Waals surface area contributed by atoms with E-state index in [0.29, 0.717) is 18.7 Å². The van der Waals surface area contributed by atoms with Crippen LogP contribution in [0.4, 0.5) is 0 Å². The minimum atomic E-state index is -0.397. The van der Waals surface area contributed by atoms with Gasteiger partial charge in [0.2, 0.25) is 5.91 Å². The highest BCUT2D eigenvalue weighted by Crippen LogP contribution is 2.13. The van der Waals surface area contributed by atoms with Crippen molar-refractivity contribution in [3.63, 3.8) is 0 Å². The molecule has 0 aliphatic rings. The monoisotopic (exact) mass is 305 g/mol. The number of carbonyl (C=O) groups excluding carboxylic acids is 2. The summed E-state index contributed by atoms with van der Waals surface area (Å²) in [4.78, 5) is 25.7. The summed E-state index contributed by atoms with van der Waals surface area (Å²) >= 11 is 0. The molecule has 5 nitrogen and oxygen atoms in total. The lowest BCUT2D eigenvalue weighted by Crippen LogP contribution is -2.34. The molecule has 0 aliphatic carbocycles. The molecule has 0 unspecified atom stereocenters. The smallest absolute Gasteiger partial charge is 0.253 e. The third-order valence-corrected chi connectivity index (χ3v) is 3.38. The number of benzene rings is 1. The Bertz CT molecular complexity index is 504. The maximum Gasteiger partial charge on any atom is 0.253 e. The van der Waals surface area contributed by atoms with E-state index in [9.17, 15) is 9.59 Å². The molecule has 0 spiro atoms. The van der Waals surface area contributed by atoms with E-state index in [1.165, 1.54) is 0 Å². The highest BCUT2D eigenvalue weighted by molar-refractivity contribution is 5.94. The Morgan fingerprint density at radius 2 is 1.73 bits per heavy atom. The first kappa shape index (κ1) is 18.2. The van der Waals surface area contributed by atoms with E-state index in [2.05, 4.69) is 10.6 Å². The van der Waals surface area contributed by atoms with Gasteiger partial charge in [0.15, 0.2) is 0 Å². The van der Waals surface area contributed by atoms with E-state index in [0.717, 1.165) is 12.1 Å². The Morgan fingerprint density at radius 3 is 2.23 bits per heavy atom. The molecule has 0 aliphatic heterocycles. The van der Waals surface area contributed by atoms with Crippen LogP contribution in [0.1, 0.15) is 36.7 Å². The normalized spacial score (nSPS) is 11.1. The quantitative estimate of drug-likeness (QED) is 0.840. The minimum absolute atomic E-state index is 0.000488. The van der Waals surface area contributed by atoms with Gasteiger partial charge in [-0.3, -0.25) is 9.59 Å². The lowest BCUT2D eigenvalue weighted by atomic mass is 9.95. The van der Waals surface area contributed by atoms with Gasteiger partial charge in [-0.2, -0.15) is 0 Å². The molecule has 0 saturated heterocycles. The number of likely N-dealkylation sites (N-methyl/N-ethyl adjacent to an activating group) is 2. The van der Waals surface area contributed by atoms with Crippen LogP contribution in [0.25, 0.3) is 0 Å². The van der Waals surface area contributed by atoms with Crippen molar-refractivity contribution in [3.05, 3.63) is 35.4 Å². The van der Waals surface area contributed by atoms with E-state index < -0.39 is 5.41 Å². The summed E-state index contributed by atoms with van der Waals surface area (Å²) in [7, 11) is 3.65. The lowest BCUT2D eigenvalue weighted by Gasteiger charge is -2.18. The van der Waals surface area contributed by atoms with E-state index in [1.807, 2.05) is 40.0 Å². The second-order valence-corrected chi connectivity index (χ2v) is 6.46. The molecule has 2 amide bonds. The van der Waals surface area contributed by atoms with E-state index >= 15 is 0 Å². The van der Waals surface area contributed by atoms with Crippen LogP contribution >= 0.6 is 0 Å². The van der Waals surface area contributed by atoms with Crippen molar-refractivity contribution >= 4 is 11.8 Å². The first-order valence-electron chi connectivity index (χ1n) is 7.53. The Labute approximate surface area is 133 Å². The molecule has 0 fully saturated rings. The average molecular weight is 305 g/mol. The summed E-state index contributed by atoms with van der Waals surface area (Å²) in [5.41, 5.74) is 1.24. The molecule has 1 aromatic carbocycles. The van der Waals surface area contributed by atoms with Crippen LogP contribution in [0, 0.1) is 5.41 Å². The molecular formula is C17H27N3O2. The van der Waals surface area contributed by atoms with Crippen molar-refractivity contribution in [3.8, 4) is 0 Å². The van der Waals surface area contributed by atoms with E-state index in [1.54, 1.807) is 24.1 Å². The number of nitrogens with one attached hydrogen (secondary N) is 2. The Balaban J connectivity index is 2.59. The van der Waals surface area contributed by atoms with Crippen LogP contribution in [0.15, 0.2) is 24.3 Å². The third kappa shape index (κ3) is 5.48. The minimum Gasteiger partial charge on any atom is -0.352 e. The second kappa shape index (κ2) is 7.94. The van der Waals surface area contributed by atoms with Crippen molar-refractivity contribution in [2.45, 2.75) is 27.3 Å². The zero-order valence-corrected chi connectivity index (χ0v) is 14.2. The number of rotatable bonds is 6. The Morgan fingerprint density at radius 1 is 1.14 bits per heavy atom. The lowest BCUT2D eigenvalue weighted by molar-refractivity contribution is -0.128. The van der Waals surface area contributed by atoms with Gasteiger partial charge >= 0.3 is 0 Å². The van der Waals surface area contributed by atoms with Crippen LogP contribution < -0.4 is 10.6 Å². The molecule has 0 bridgehead atoms. The molecule has 5 heteroatoms. The van der Waals surface area contributed by atoms with Gasteiger partial charge in [-0.05, 0) is 24.7 Å². The summed E-state index contributed by atoms with van der Waals surface area (Å²) in [5, 5.41) is 5.92. The molecular weight excluding hydrogens is 278 g/mol. The fourth-order valence-electron chi connectivity index (χ4n) is 1.81. The van der Waals surface area contributed by atoms with Gasteiger partial charge in [-0.25, -0.2) is 0 Å². The van der Waals surface area contributed by atoms with E-state index in [4.69, 9.17) is 0 Å². The molecule has 0 atom stereocenters. The topological polar surface area (TPSA) is 61.4 Å². The highest BCUT2D eigenvalue weighted by atomic mass is 16.2. The summed E-state index contributed by atoms with van der Waals surface area (Å²) < 4.78 is 0. The standard InChI is InChI=1S/C17H27N3O2/c1-17(2,3)16(22)19-12-13-6-8-14(9-7-13)15(21)20(5)11-10-18-4/h6-9,18H,10-12H2,1-5H3,(H,19,22). The van der Waals surface area contributed by atoms with Gasteiger partial charge in [0, 0.05) is 37.7 Å². The largest absolute Gasteiger partial charge is 0.352 e. The number of nitrogens with zero attached hydrogens (tertiary/aromatic N) is 1. The van der Waals surface area contributed by atoms with E-state index in [-0.39, 0.29) is 11.8 Å². The fraction of sp³-hybridized carbons (Fsp3) is 0.529. The number of carbonyl (C=O) groups is 2. The molecule has 0 aromatic heterocycles. The fourth-order valence-corrected chi connectivity index (χ4v) is 1.81. The molecule has 122 valence electrons. The third-order valence-electron chi connectivity index (χ3n) is 3.38. The van der Waals surface area contributed by atoms with Crippen molar-refractivity contribution in [2.24, 2.45) is 5.41 Å². The molecule has 0 heterocycles.